The maximum atomic E-state index is 12.6. The van der Waals surface area contributed by atoms with Gasteiger partial charge >= 0.3 is 0 Å². The number of benzene rings is 3. The van der Waals surface area contributed by atoms with Crippen molar-refractivity contribution in [3.8, 4) is 0 Å². The summed E-state index contributed by atoms with van der Waals surface area (Å²) in [4.78, 5) is 27.5. The van der Waals surface area contributed by atoms with E-state index < -0.39 is 0 Å². The molecule has 0 fully saturated rings. The Bertz CT molecular complexity index is 1400. The van der Waals surface area contributed by atoms with Gasteiger partial charge < -0.3 is 14.7 Å². The van der Waals surface area contributed by atoms with Gasteiger partial charge in [0.15, 0.2) is 0 Å². The summed E-state index contributed by atoms with van der Waals surface area (Å²) < 4.78 is 5.80. The molecule has 5 nitrogen and oxygen atoms in total. The zero-order valence-electron chi connectivity index (χ0n) is 14.2. The highest BCUT2D eigenvalue weighted by Crippen LogP contribution is 2.30. The Kier molecular flexibility index (Phi) is 3.33. The molecule has 1 amide bonds. The predicted octanol–water partition coefficient (Wildman–Crippen LogP) is 4.68. The van der Waals surface area contributed by atoms with Crippen LogP contribution in [-0.4, -0.2) is 10.9 Å². The van der Waals surface area contributed by atoms with Crippen LogP contribution in [0.15, 0.2) is 82.0 Å². The van der Waals surface area contributed by atoms with Crippen molar-refractivity contribution in [1.82, 2.24) is 4.98 Å². The molecule has 0 atom stereocenters. The molecule has 0 radical (unpaired) electrons. The Morgan fingerprint density at radius 3 is 2.44 bits per heavy atom. The van der Waals surface area contributed by atoms with E-state index in [1.54, 1.807) is 24.3 Å². The van der Waals surface area contributed by atoms with Crippen molar-refractivity contribution < 1.29 is 9.21 Å². The molecule has 2 N–H and O–H groups in total. The molecule has 5 aromatic rings. The number of fused-ring (bicyclic) bond motifs is 4. The van der Waals surface area contributed by atoms with Crippen LogP contribution in [0.4, 0.5) is 5.69 Å². The van der Waals surface area contributed by atoms with Crippen LogP contribution in [0.1, 0.15) is 10.5 Å². The summed E-state index contributed by atoms with van der Waals surface area (Å²) in [6.07, 6.45) is 0. The van der Waals surface area contributed by atoms with Crippen LogP contribution in [-0.2, 0) is 0 Å². The van der Waals surface area contributed by atoms with Crippen LogP contribution in [0.3, 0.4) is 0 Å². The molecule has 5 rings (SSSR count). The van der Waals surface area contributed by atoms with Gasteiger partial charge in [-0.1, -0.05) is 36.4 Å². The van der Waals surface area contributed by atoms with Crippen molar-refractivity contribution in [2.75, 3.05) is 5.32 Å². The number of aromatic amines is 1. The number of para-hydroxylation sites is 1. The van der Waals surface area contributed by atoms with Gasteiger partial charge in [-0.05, 0) is 41.8 Å². The largest absolute Gasteiger partial charge is 0.456 e. The second-order valence-electron chi connectivity index (χ2n) is 6.36. The quantitative estimate of drug-likeness (QED) is 0.483. The smallest absolute Gasteiger partial charge is 0.272 e. The van der Waals surface area contributed by atoms with E-state index in [0.29, 0.717) is 11.1 Å². The number of hydrogen-bond donors (Lipinski definition) is 2. The molecule has 0 aliphatic heterocycles. The fourth-order valence-corrected chi connectivity index (χ4v) is 3.34. The van der Waals surface area contributed by atoms with Gasteiger partial charge in [-0.25, -0.2) is 0 Å². The number of pyridine rings is 1. The topological polar surface area (TPSA) is 75.1 Å². The van der Waals surface area contributed by atoms with Crippen LogP contribution in [0.5, 0.6) is 0 Å². The van der Waals surface area contributed by atoms with E-state index in [4.69, 9.17) is 4.42 Å². The normalized spacial score (nSPS) is 11.3. The summed E-state index contributed by atoms with van der Waals surface area (Å²) in [5, 5.41) is 6.04. The zero-order valence-corrected chi connectivity index (χ0v) is 14.2. The van der Waals surface area contributed by atoms with Crippen LogP contribution < -0.4 is 10.9 Å². The Morgan fingerprint density at radius 1 is 0.815 bits per heavy atom. The van der Waals surface area contributed by atoms with Crippen LogP contribution in [0.25, 0.3) is 32.7 Å². The van der Waals surface area contributed by atoms with Crippen LogP contribution in [0, 0.1) is 0 Å². The minimum absolute atomic E-state index is 0.218. The molecule has 3 aromatic carbocycles. The standard InChI is InChI=1S/C22H14N2O3/c25-21-15-6-2-1-5-13(15)11-18(24-21)22(26)23-14-9-10-20-17(12-14)16-7-3-4-8-19(16)27-20/h1-12H,(H,23,26)(H,24,25). The number of H-pyrrole nitrogens is 1. The van der Waals surface area contributed by atoms with Crippen molar-refractivity contribution in [1.29, 1.82) is 0 Å². The van der Waals surface area contributed by atoms with Crippen molar-refractivity contribution in [2.24, 2.45) is 0 Å². The fraction of sp³-hybridized carbons (Fsp3) is 0. The molecule has 5 heteroatoms. The molecular weight excluding hydrogens is 340 g/mol. The van der Waals surface area contributed by atoms with E-state index in [1.165, 1.54) is 0 Å². The third-order valence-corrected chi connectivity index (χ3v) is 4.63. The molecule has 2 heterocycles. The first kappa shape index (κ1) is 15.4. The predicted molar refractivity (Wildman–Crippen MR) is 106 cm³/mol. The molecule has 130 valence electrons. The third-order valence-electron chi connectivity index (χ3n) is 4.63. The highest BCUT2D eigenvalue weighted by molar-refractivity contribution is 6.09. The van der Waals surface area contributed by atoms with Crippen LogP contribution in [0.2, 0.25) is 0 Å². The monoisotopic (exact) mass is 354 g/mol. The first-order chi connectivity index (χ1) is 13.2. The third kappa shape index (κ3) is 2.57. The van der Waals surface area contributed by atoms with E-state index in [1.807, 2.05) is 48.5 Å². The van der Waals surface area contributed by atoms with Gasteiger partial charge in [0.1, 0.15) is 16.9 Å². The molecule has 0 spiro atoms. The highest BCUT2D eigenvalue weighted by Gasteiger charge is 2.12. The number of hydrogen-bond acceptors (Lipinski definition) is 3. The highest BCUT2D eigenvalue weighted by atomic mass is 16.3. The van der Waals surface area contributed by atoms with Gasteiger partial charge in [0, 0.05) is 21.8 Å². The molecule has 27 heavy (non-hydrogen) atoms. The van der Waals surface area contributed by atoms with E-state index >= 15 is 0 Å². The average Bonchev–Trinajstić information content (AvgIpc) is 3.06. The SMILES string of the molecule is O=C(Nc1ccc2oc3ccccc3c2c1)c1cc2ccccc2c(=O)[nH]1. The molecule has 2 aromatic heterocycles. The average molecular weight is 354 g/mol. The van der Waals surface area contributed by atoms with Crippen molar-refractivity contribution in [3.63, 3.8) is 0 Å². The lowest BCUT2D eigenvalue weighted by atomic mass is 10.1. The number of nitrogens with one attached hydrogen (secondary N) is 2. The van der Waals surface area contributed by atoms with Gasteiger partial charge in [0.2, 0.25) is 0 Å². The molecule has 0 bridgehead atoms. The molecule has 0 unspecified atom stereocenters. The first-order valence-corrected chi connectivity index (χ1v) is 8.54. The van der Waals surface area contributed by atoms with Crippen molar-refractivity contribution >= 4 is 44.3 Å². The fourth-order valence-electron chi connectivity index (χ4n) is 3.34. The summed E-state index contributed by atoms with van der Waals surface area (Å²) in [6, 6.07) is 22.1. The molecule has 0 saturated carbocycles. The van der Waals surface area contributed by atoms with Gasteiger partial charge in [-0.2, -0.15) is 0 Å². The number of furan rings is 1. The summed E-state index contributed by atoms with van der Waals surface area (Å²) >= 11 is 0. The second kappa shape index (κ2) is 5.85. The van der Waals surface area contributed by atoms with Gasteiger partial charge in [-0.3, -0.25) is 9.59 Å². The minimum Gasteiger partial charge on any atom is -0.456 e. The van der Waals surface area contributed by atoms with Crippen molar-refractivity contribution in [2.45, 2.75) is 0 Å². The number of carbonyl (C=O) groups is 1. The van der Waals surface area contributed by atoms with Gasteiger partial charge in [-0.15, -0.1) is 0 Å². The van der Waals surface area contributed by atoms with Gasteiger partial charge in [0.05, 0.1) is 0 Å². The van der Waals surface area contributed by atoms with Crippen molar-refractivity contribution in [3.05, 3.63) is 88.8 Å². The van der Waals surface area contributed by atoms with E-state index in [9.17, 15) is 9.59 Å². The number of amides is 1. The summed E-state index contributed by atoms with van der Waals surface area (Å²) in [6.45, 7) is 0. The number of anilines is 1. The number of rotatable bonds is 2. The first-order valence-electron chi connectivity index (χ1n) is 8.54. The maximum Gasteiger partial charge on any atom is 0.272 e. The molecule has 0 saturated heterocycles. The molecule has 0 aliphatic rings. The van der Waals surface area contributed by atoms with Crippen LogP contribution >= 0.6 is 0 Å². The Labute approximate surface area is 153 Å². The summed E-state index contributed by atoms with van der Waals surface area (Å²) in [5.41, 5.74) is 2.13. The lowest BCUT2D eigenvalue weighted by molar-refractivity contribution is 0.102. The molecule has 0 aliphatic carbocycles. The lowest BCUT2D eigenvalue weighted by Gasteiger charge is -2.06. The lowest BCUT2D eigenvalue weighted by Crippen LogP contribution is -2.18. The van der Waals surface area contributed by atoms with E-state index in [0.717, 1.165) is 27.3 Å². The van der Waals surface area contributed by atoms with Gasteiger partial charge in [0.25, 0.3) is 11.5 Å². The summed E-state index contributed by atoms with van der Waals surface area (Å²) in [5.74, 6) is -0.370. The van der Waals surface area contributed by atoms with E-state index in [2.05, 4.69) is 10.3 Å². The Balaban J connectivity index is 1.54. The Hall–Kier alpha value is -3.86. The second-order valence-corrected chi connectivity index (χ2v) is 6.36. The summed E-state index contributed by atoms with van der Waals surface area (Å²) in [7, 11) is 0. The number of aromatic nitrogens is 1. The Morgan fingerprint density at radius 2 is 1.56 bits per heavy atom. The maximum absolute atomic E-state index is 12.6. The molecular formula is C22H14N2O3. The van der Waals surface area contributed by atoms with E-state index in [-0.39, 0.29) is 17.2 Å². The zero-order chi connectivity index (χ0) is 18.4. The number of carbonyl (C=O) groups excluding carboxylic acids is 1. The minimum atomic E-state index is -0.370.